The number of aromatic nitrogens is 5. The van der Waals surface area contributed by atoms with Crippen molar-refractivity contribution in [2.45, 2.75) is 26.8 Å². The van der Waals surface area contributed by atoms with Gasteiger partial charge in [-0.05, 0) is 36.6 Å². The van der Waals surface area contributed by atoms with Gasteiger partial charge >= 0.3 is 0 Å². The maximum absolute atomic E-state index is 9.63. The summed E-state index contributed by atoms with van der Waals surface area (Å²) in [5.41, 5.74) is 3.10. The number of anilines is 1. The largest absolute Gasteiger partial charge is 0.492 e. The molecule has 1 fully saturated rings. The molecular formula is C27H30N8O. The van der Waals surface area contributed by atoms with Gasteiger partial charge in [0.1, 0.15) is 23.5 Å². The minimum atomic E-state index is 0.405. The van der Waals surface area contributed by atoms with Crippen molar-refractivity contribution in [1.29, 1.82) is 5.26 Å². The van der Waals surface area contributed by atoms with Crippen molar-refractivity contribution in [3.63, 3.8) is 0 Å². The van der Waals surface area contributed by atoms with Crippen LogP contribution in [0.15, 0.2) is 55.2 Å². The van der Waals surface area contributed by atoms with Crippen LogP contribution in [-0.4, -0.2) is 62.3 Å². The average Bonchev–Trinajstić information content (AvgIpc) is 3.18. The summed E-state index contributed by atoms with van der Waals surface area (Å²) in [4.78, 5) is 18.3. The van der Waals surface area contributed by atoms with Crippen molar-refractivity contribution in [3.8, 4) is 22.9 Å². The van der Waals surface area contributed by atoms with E-state index in [-0.39, 0.29) is 0 Å². The first-order valence-corrected chi connectivity index (χ1v) is 12.3. The van der Waals surface area contributed by atoms with Crippen molar-refractivity contribution in [1.82, 2.24) is 29.5 Å². The average molecular weight is 483 g/mol. The highest BCUT2D eigenvalue weighted by molar-refractivity contribution is 5.85. The molecule has 0 unspecified atom stereocenters. The van der Waals surface area contributed by atoms with E-state index in [0.29, 0.717) is 18.1 Å². The third kappa shape index (κ3) is 5.29. The molecule has 4 aromatic heterocycles. The Labute approximate surface area is 211 Å². The Kier molecular flexibility index (Phi) is 7.05. The van der Waals surface area contributed by atoms with Crippen LogP contribution >= 0.6 is 0 Å². The lowest BCUT2D eigenvalue weighted by Gasteiger charge is -2.22. The van der Waals surface area contributed by atoms with Gasteiger partial charge in [-0.2, -0.15) is 10.4 Å². The van der Waals surface area contributed by atoms with Crippen LogP contribution in [0.2, 0.25) is 0 Å². The lowest BCUT2D eigenvalue weighted by atomic mass is 10.1. The molecule has 36 heavy (non-hydrogen) atoms. The monoisotopic (exact) mass is 482 g/mol. The van der Waals surface area contributed by atoms with E-state index in [1.54, 1.807) is 23.1 Å². The molecule has 4 aromatic rings. The van der Waals surface area contributed by atoms with Crippen LogP contribution in [0.1, 0.15) is 31.7 Å². The molecule has 5 rings (SSSR count). The lowest BCUT2D eigenvalue weighted by Crippen LogP contribution is -2.31. The van der Waals surface area contributed by atoms with E-state index >= 15 is 0 Å². The molecule has 1 saturated heterocycles. The van der Waals surface area contributed by atoms with Gasteiger partial charge < -0.3 is 9.64 Å². The summed E-state index contributed by atoms with van der Waals surface area (Å²) in [6.45, 7) is 9.37. The first-order valence-electron chi connectivity index (χ1n) is 12.3. The minimum absolute atomic E-state index is 0.405. The number of nitrogens with zero attached hydrogens (tertiary/aromatic N) is 8. The normalized spacial score (nSPS) is 14.7. The van der Waals surface area contributed by atoms with Gasteiger partial charge in [0.25, 0.3) is 0 Å². The zero-order chi connectivity index (χ0) is 24.9. The van der Waals surface area contributed by atoms with E-state index in [9.17, 15) is 5.26 Å². The zero-order valence-corrected chi connectivity index (χ0v) is 20.7. The second-order valence-electron chi connectivity index (χ2n) is 9.44. The number of hydrogen-bond acceptors (Lipinski definition) is 8. The molecule has 0 amide bonds. The van der Waals surface area contributed by atoms with E-state index < -0.39 is 0 Å². The van der Waals surface area contributed by atoms with Crippen LogP contribution in [0, 0.1) is 17.2 Å². The van der Waals surface area contributed by atoms with Crippen LogP contribution in [0.3, 0.4) is 0 Å². The Hall–Kier alpha value is -4.03. The third-order valence-electron chi connectivity index (χ3n) is 6.25. The third-order valence-corrected chi connectivity index (χ3v) is 6.25. The van der Waals surface area contributed by atoms with Crippen LogP contribution < -0.4 is 9.64 Å². The van der Waals surface area contributed by atoms with E-state index in [0.717, 1.165) is 73.2 Å². The van der Waals surface area contributed by atoms with Gasteiger partial charge in [0.2, 0.25) is 0 Å². The fourth-order valence-corrected chi connectivity index (χ4v) is 4.44. The Bertz CT molecular complexity index is 1340. The number of ether oxygens (including phenoxy) is 1. The lowest BCUT2D eigenvalue weighted by molar-refractivity contribution is 0.270. The van der Waals surface area contributed by atoms with E-state index in [1.807, 2.05) is 24.5 Å². The van der Waals surface area contributed by atoms with Gasteiger partial charge in [0, 0.05) is 55.9 Å². The maximum Gasteiger partial charge on any atom is 0.142 e. The molecule has 0 aliphatic carbocycles. The highest BCUT2D eigenvalue weighted by Gasteiger charge is 2.18. The Morgan fingerprint density at radius 1 is 1.06 bits per heavy atom. The molecule has 0 spiro atoms. The first-order chi connectivity index (χ1) is 17.6. The van der Waals surface area contributed by atoms with Crippen LogP contribution in [0.4, 0.5) is 5.82 Å². The number of fused-ring (bicyclic) bond motifs is 1. The smallest absolute Gasteiger partial charge is 0.142 e. The summed E-state index contributed by atoms with van der Waals surface area (Å²) < 4.78 is 7.70. The minimum Gasteiger partial charge on any atom is -0.492 e. The van der Waals surface area contributed by atoms with Crippen molar-refractivity contribution in [2.24, 2.45) is 5.92 Å². The predicted molar refractivity (Wildman–Crippen MR) is 138 cm³/mol. The van der Waals surface area contributed by atoms with E-state index in [2.05, 4.69) is 56.9 Å². The van der Waals surface area contributed by atoms with Gasteiger partial charge in [-0.3, -0.25) is 4.90 Å². The fourth-order valence-electron chi connectivity index (χ4n) is 4.44. The molecule has 9 nitrogen and oxygen atoms in total. The number of hydrogen-bond donors (Lipinski definition) is 0. The summed E-state index contributed by atoms with van der Waals surface area (Å²) >= 11 is 0. The van der Waals surface area contributed by atoms with Crippen molar-refractivity contribution >= 4 is 11.3 Å². The summed E-state index contributed by atoms with van der Waals surface area (Å²) in [6, 6.07) is 10.2. The molecule has 0 atom stereocenters. The topological polar surface area (TPSA) is 95.5 Å². The van der Waals surface area contributed by atoms with Gasteiger partial charge in [-0.1, -0.05) is 13.8 Å². The van der Waals surface area contributed by atoms with Crippen molar-refractivity contribution in [2.75, 3.05) is 37.7 Å². The Balaban J connectivity index is 1.35. The SMILES string of the molecule is CC(C)COc1cc(-c2ccc(N3CCCN(Cc4ncccn4)CC3)nc2)c2c(C#N)cnn2c1. The molecule has 0 N–H and O–H groups in total. The highest BCUT2D eigenvalue weighted by Crippen LogP contribution is 2.31. The van der Waals surface area contributed by atoms with Crippen LogP contribution in [0.25, 0.3) is 16.6 Å². The van der Waals surface area contributed by atoms with E-state index in [1.165, 1.54) is 0 Å². The second kappa shape index (κ2) is 10.7. The summed E-state index contributed by atoms with van der Waals surface area (Å²) in [5.74, 6) is 2.93. The molecule has 9 heteroatoms. The van der Waals surface area contributed by atoms with Gasteiger partial charge in [0.05, 0.1) is 36.6 Å². The molecule has 1 aliphatic heterocycles. The molecule has 0 aromatic carbocycles. The molecule has 0 saturated carbocycles. The molecule has 5 heterocycles. The number of pyridine rings is 2. The first kappa shape index (κ1) is 23.7. The number of nitriles is 1. The summed E-state index contributed by atoms with van der Waals surface area (Å²) in [5, 5.41) is 14.0. The highest BCUT2D eigenvalue weighted by atomic mass is 16.5. The molecule has 0 radical (unpaired) electrons. The number of rotatable bonds is 7. The molecular weight excluding hydrogens is 452 g/mol. The second-order valence-corrected chi connectivity index (χ2v) is 9.44. The van der Waals surface area contributed by atoms with E-state index in [4.69, 9.17) is 9.72 Å². The standard InChI is InChI=1S/C27H30N8O/c1-20(2)19-36-23-13-24(27-22(14-28)16-32-35(27)17-23)21-5-6-26(31-15-21)34-10-4-9-33(11-12-34)18-25-29-7-3-8-30-25/h3,5-8,13,15-17,20H,4,9-12,18-19H2,1-2H3. The Morgan fingerprint density at radius 2 is 1.92 bits per heavy atom. The quantitative estimate of drug-likeness (QED) is 0.392. The Morgan fingerprint density at radius 3 is 2.67 bits per heavy atom. The molecule has 184 valence electrons. The van der Waals surface area contributed by atoms with Crippen LogP contribution in [-0.2, 0) is 6.54 Å². The zero-order valence-electron chi connectivity index (χ0n) is 20.7. The maximum atomic E-state index is 9.63. The van der Waals surface area contributed by atoms with Gasteiger partial charge in [-0.15, -0.1) is 0 Å². The van der Waals surface area contributed by atoms with Crippen molar-refractivity contribution in [3.05, 3.63) is 66.6 Å². The predicted octanol–water partition coefficient (Wildman–Crippen LogP) is 3.81. The van der Waals surface area contributed by atoms with Gasteiger partial charge in [-0.25, -0.2) is 19.5 Å². The molecule has 0 bridgehead atoms. The van der Waals surface area contributed by atoms with Crippen molar-refractivity contribution < 1.29 is 4.74 Å². The summed E-state index contributed by atoms with van der Waals surface area (Å²) in [7, 11) is 0. The van der Waals surface area contributed by atoms with Gasteiger partial charge in [0.15, 0.2) is 0 Å². The summed E-state index contributed by atoms with van der Waals surface area (Å²) in [6.07, 6.45) is 9.94. The molecule has 1 aliphatic rings. The van der Waals surface area contributed by atoms with Crippen LogP contribution in [0.5, 0.6) is 5.75 Å². The fraction of sp³-hybridized carbons (Fsp3) is 0.370.